The molecule has 2 aliphatic rings. The second-order valence-electron chi connectivity index (χ2n) is 5.75. The molecule has 0 bridgehead atoms. The van der Waals surface area contributed by atoms with Crippen molar-refractivity contribution in [3.8, 4) is 0 Å². The molecule has 2 fully saturated rings. The van der Waals surface area contributed by atoms with Crippen LogP contribution in [0.1, 0.15) is 57.8 Å². The van der Waals surface area contributed by atoms with E-state index in [4.69, 9.17) is 0 Å². The number of hydrogen-bond acceptors (Lipinski definition) is 2. The van der Waals surface area contributed by atoms with Crippen molar-refractivity contribution in [2.75, 3.05) is 6.54 Å². The minimum atomic E-state index is -0.0969. The second-order valence-corrected chi connectivity index (χ2v) is 5.75. The van der Waals surface area contributed by atoms with Crippen LogP contribution in [-0.4, -0.2) is 23.7 Å². The van der Waals surface area contributed by atoms with E-state index in [1.165, 1.54) is 19.3 Å². The molecule has 0 aromatic carbocycles. The second kappa shape index (κ2) is 6.39. The Morgan fingerprint density at radius 3 is 2.29 bits per heavy atom. The maximum absolute atomic E-state index is 11.9. The molecule has 0 atom stereocenters. The zero-order chi connectivity index (χ0) is 12.1. The third-order valence-electron chi connectivity index (χ3n) is 4.36. The van der Waals surface area contributed by atoms with Crippen molar-refractivity contribution in [3.05, 3.63) is 0 Å². The van der Waals surface area contributed by atoms with Crippen LogP contribution >= 0.6 is 0 Å². The third kappa shape index (κ3) is 3.98. The van der Waals surface area contributed by atoms with Crippen LogP contribution in [0.25, 0.3) is 0 Å². The zero-order valence-electron chi connectivity index (χ0n) is 10.7. The molecular formula is C14H25NO2. The Labute approximate surface area is 104 Å². The van der Waals surface area contributed by atoms with Gasteiger partial charge < -0.3 is 10.4 Å². The van der Waals surface area contributed by atoms with E-state index in [2.05, 4.69) is 5.32 Å². The summed E-state index contributed by atoms with van der Waals surface area (Å²) in [5, 5.41) is 12.5. The van der Waals surface area contributed by atoms with E-state index < -0.39 is 0 Å². The fourth-order valence-electron chi connectivity index (χ4n) is 3.10. The van der Waals surface area contributed by atoms with Gasteiger partial charge >= 0.3 is 0 Å². The molecule has 2 saturated carbocycles. The molecule has 1 amide bonds. The highest BCUT2D eigenvalue weighted by molar-refractivity contribution is 5.78. The quantitative estimate of drug-likeness (QED) is 0.793. The monoisotopic (exact) mass is 239 g/mol. The van der Waals surface area contributed by atoms with E-state index in [0.29, 0.717) is 5.92 Å². The number of aliphatic hydroxyl groups excluding tert-OH is 1. The first kappa shape index (κ1) is 12.9. The highest BCUT2D eigenvalue weighted by atomic mass is 16.3. The molecule has 0 heterocycles. The van der Waals surface area contributed by atoms with Crippen LogP contribution in [0.3, 0.4) is 0 Å². The minimum Gasteiger partial charge on any atom is -0.393 e. The van der Waals surface area contributed by atoms with Gasteiger partial charge in [0.15, 0.2) is 0 Å². The van der Waals surface area contributed by atoms with Gasteiger partial charge in [0.2, 0.25) is 5.91 Å². The van der Waals surface area contributed by atoms with Gasteiger partial charge in [-0.15, -0.1) is 0 Å². The van der Waals surface area contributed by atoms with Crippen LogP contribution in [-0.2, 0) is 4.79 Å². The summed E-state index contributed by atoms with van der Waals surface area (Å²) >= 11 is 0. The van der Waals surface area contributed by atoms with Gasteiger partial charge in [-0.2, -0.15) is 0 Å². The van der Waals surface area contributed by atoms with Gasteiger partial charge in [0.25, 0.3) is 0 Å². The predicted octanol–water partition coefficient (Wildman–Crippen LogP) is 2.23. The van der Waals surface area contributed by atoms with Gasteiger partial charge in [0.1, 0.15) is 0 Å². The summed E-state index contributed by atoms with van der Waals surface area (Å²) in [4.78, 5) is 11.9. The summed E-state index contributed by atoms with van der Waals surface area (Å²) in [7, 11) is 0. The van der Waals surface area contributed by atoms with Crippen molar-refractivity contribution in [2.45, 2.75) is 63.9 Å². The Balaban J connectivity index is 1.65. The Bertz CT molecular complexity index is 241. The van der Waals surface area contributed by atoms with Crippen molar-refractivity contribution < 1.29 is 9.90 Å². The molecule has 3 heteroatoms. The van der Waals surface area contributed by atoms with Crippen molar-refractivity contribution >= 4 is 5.91 Å². The van der Waals surface area contributed by atoms with Crippen molar-refractivity contribution in [1.82, 2.24) is 5.32 Å². The molecular weight excluding hydrogens is 214 g/mol. The van der Waals surface area contributed by atoms with E-state index in [9.17, 15) is 9.90 Å². The van der Waals surface area contributed by atoms with Crippen molar-refractivity contribution in [3.63, 3.8) is 0 Å². The number of carbonyl (C=O) groups is 1. The van der Waals surface area contributed by atoms with E-state index in [-0.39, 0.29) is 17.9 Å². The number of carbonyl (C=O) groups excluding carboxylic acids is 1. The van der Waals surface area contributed by atoms with Crippen LogP contribution in [0.5, 0.6) is 0 Å². The smallest absolute Gasteiger partial charge is 0.223 e. The zero-order valence-corrected chi connectivity index (χ0v) is 10.7. The van der Waals surface area contributed by atoms with Crippen molar-refractivity contribution in [1.29, 1.82) is 0 Å². The molecule has 0 unspecified atom stereocenters. The highest BCUT2D eigenvalue weighted by Crippen LogP contribution is 2.25. The summed E-state index contributed by atoms with van der Waals surface area (Å²) in [5.41, 5.74) is 0. The maximum atomic E-state index is 11.9. The lowest BCUT2D eigenvalue weighted by Crippen LogP contribution is -2.36. The molecule has 17 heavy (non-hydrogen) atoms. The molecule has 0 saturated heterocycles. The summed E-state index contributed by atoms with van der Waals surface area (Å²) in [6, 6.07) is 0. The first-order valence-electron chi connectivity index (χ1n) is 7.21. The maximum Gasteiger partial charge on any atom is 0.223 e. The van der Waals surface area contributed by atoms with E-state index >= 15 is 0 Å². The summed E-state index contributed by atoms with van der Waals surface area (Å²) in [5.74, 6) is 1.14. The lowest BCUT2D eigenvalue weighted by molar-refractivity contribution is -0.126. The topological polar surface area (TPSA) is 49.3 Å². The van der Waals surface area contributed by atoms with Crippen LogP contribution < -0.4 is 5.32 Å². The fourth-order valence-corrected chi connectivity index (χ4v) is 3.10. The molecule has 2 aliphatic carbocycles. The number of rotatable bonds is 3. The summed E-state index contributed by atoms with van der Waals surface area (Å²) in [6.07, 6.45) is 9.72. The minimum absolute atomic E-state index is 0.0969. The van der Waals surface area contributed by atoms with Gasteiger partial charge in [0.05, 0.1) is 6.10 Å². The van der Waals surface area contributed by atoms with Crippen LogP contribution in [0.15, 0.2) is 0 Å². The first-order chi connectivity index (χ1) is 8.25. The predicted molar refractivity (Wildman–Crippen MR) is 67.5 cm³/mol. The van der Waals surface area contributed by atoms with Gasteiger partial charge in [-0.05, 0) is 44.4 Å². The van der Waals surface area contributed by atoms with E-state index in [1.807, 2.05) is 0 Å². The Kier molecular flexibility index (Phi) is 4.84. The normalized spacial score (nSPS) is 31.1. The lowest BCUT2D eigenvalue weighted by Gasteiger charge is -2.27. The molecule has 2 rings (SSSR count). The average Bonchev–Trinajstić information content (AvgIpc) is 2.39. The van der Waals surface area contributed by atoms with Gasteiger partial charge in [-0.25, -0.2) is 0 Å². The molecule has 0 aliphatic heterocycles. The average molecular weight is 239 g/mol. The third-order valence-corrected chi connectivity index (χ3v) is 4.36. The molecule has 0 radical (unpaired) electrons. The van der Waals surface area contributed by atoms with Crippen molar-refractivity contribution in [2.24, 2.45) is 11.8 Å². The lowest BCUT2D eigenvalue weighted by atomic mass is 9.86. The standard InChI is InChI=1S/C14H25NO2/c16-13-8-6-11(7-9-13)10-15-14(17)12-4-2-1-3-5-12/h11-13,16H,1-10H2,(H,15,17). The highest BCUT2D eigenvalue weighted by Gasteiger charge is 2.23. The Morgan fingerprint density at radius 2 is 1.65 bits per heavy atom. The summed E-state index contributed by atoms with van der Waals surface area (Å²) in [6.45, 7) is 0.821. The number of hydrogen-bond donors (Lipinski definition) is 2. The fraction of sp³-hybridized carbons (Fsp3) is 0.929. The van der Waals surface area contributed by atoms with Gasteiger partial charge in [-0.3, -0.25) is 4.79 Å². The molecule has 3 nitrogen and oxygen atoms in total. The molecule has 0 aromatic heterocycles. The molecule has 2 N–H and O–H groups in total. The van der Waals surface area contributed by atoms with E-state index in [0.717, 1.165) is 45.1 Å². The summed E-state index contributed by atoms with van der Waals surface area (Å²) < 4.78 is 0. The Morgan fingerprint density at radius 1 is 1.00 bits per heavy atom. The van der Waals surface area contributed by atoms with Crippen LogP contribution in [0.2, 0.25) is 0 Å². The van der Waals surface area contributed by atoms with Gasteiger partial charge in [0, 0.05) is 12.5 Å². The van der Waals surface area contributed by atoms with Gasteiger partial charge in [-0.1, -0.05) is 19.3 Å². The molecule has 0 aromatic rings. The number of amides is 1. The SMILES string of the molecule is O=C(NCC1CCC(O)CC1)C1CCCCC1. The van der Waals surface area contributed by atoms with Crippen LogP contribution in [0.4, 0.5) is 0 Å². The Hall–Kier alpha value is -0.570. The first-order valence-corrected chi connectivity index (χ1v) is 7.21. The van der Waals surface area contributed by atoms with E-state index in [1.54, 1.807) is 0 Å². The van der Waals surface area contributed by atoms with Crippen LogP contribution in [0, 0.1) is 11.8 Å². The number of aliphatic hydroxyl groups is 1. The molecule has 98 valence electrons. The molecule has 0 spiro atoms. The largest absolute Gasteiger partial charge is 0.393 e. The number of nitrogens with one attached hydrogen (secondary N) is 1.